The second kappa shape index (κ2) is 9.99. The van der Waals surface area contributed by atoms with Crippen molar-refractivity contribution in [3.05, 3.63) is 11.8 Å². The Morgan fingerprint density at radius 3 is 2.00 bits per heavy atom. The van der Waals surface area contributed by atoms with Gasteiger partial charge in [-0.3, -0.25) is 14.4 Å². The molecule has 13 nitrogen and oxygen atoms in total. The molecular formula is C34H46O13. The number of rotatable bonds is 3. The lowest BCUT2D eigenvalue weighted by molar-refractivity contribution is -0.299. The molecule has 0 aromatic heterocycles. The zero-order valence-electron chi connectivity index (χ0n) is 27.9. The zero-order valence-corrected chi connectivity index (χ0v) is 27.9. The fraction of sp³-hybridized carbons (Fsp3) is 0.824. The molecule has 0 amide bonds. The molecule has 2 saturated heterocycles. The summed E-state index contributed by atoms with van der Waals surface area (Å²) in [6, 6.07) is 0. The molecule has 4 N–H and O–H groups in total. The highest BCUT2D eigenvalue weighted by molar-refractivity contribution is 5.85. The van der Waals surface area contributed by atoms with Crippen LogP contribution in [0.2, 0.25) is 0 Å². The first-order chi connectivity index (χ1) is 21.7. The molecule has 1 unspecified atom stereocenters. The molecule has 7 rings (SSSR count). The van der Waals surface area contributed by atoms with E-state index in [1.165, 1.54) is 27.7 Å². The fourth-order valence-electron chi connectivity index (χ4n) is 12.2. The Hall–Kier alpha value is -2.58. The molecular weight excluding hydrogens is 616 g/mol. The Kier molecular flexibility index (Phi) is 7.00. The molecule has 260 valence electrons. The van der Waals surface area contributed by atoms with E-state index in [0.717, 1.165) is 0 Å². The zero-order chi connectivity index (χ0) is 34.5. The Morgan fingerprint density at radius 2 is 1.40 bits per heavy atom. The smallest absolute Gasteiger partial charge is 0.343 e. The van der Waals surface area contributed by atoms with E-state index in [1.807, 2.05) is 20.8 Å². The van der Waals surface area contributed by atoms with Gasteiger partial charge in [0.1, 0.15) is 30.2 Å². The molecule has 13 heteroatoms. The average Bonchev–Trinajstić information content (AvgIpc) is 3.65. The maximum absolute atomic E-state index is 13.1. The van der Waals surface area contributed by atoms with Crippen molar-refractivity contribution >= 4 is 23.9 Å². The minimum atomic E-state index is -2.04. The predicted octanol–water partition coefficient (Wildman–Crippen LogP) is 0.634. The van der Waals surface area contributed by atoms with E-state index in [0.29, 0.717) is 6.42 Å². The lowest BCUT2D eigenvalue weighted by atomic mass is 9.41. The number of carbonyl (C=O) groups excluding carboxylic acids is 4. The van der Waals surface area contributed by atoms with Crippen LogP contribution in [0.15, 0.2) is 11.8 Å². The van der Waals surface area contributed by atoms with Crippen molar-refractivity contribution in [2.75, 3.05) is 0 Å². The van der Waals surface area contributed by atoms with Crippen molar-refractivity contribution in [3.63, 3.8) is 0 Å². The lowest BCUT2D eigenvalue weighted by Crippen LogP contribution is -2.75. The van der Waals surface area contributed by atoms with Crippen molar-refractivity contribution in [3.8, 4) is 0 Å². The predicted molar refractivity (Wildman–Crippen MR) is 157 cm³/mol. The Labute approximate surface area is 272 Å². The number of allylic oxidation sites excluding steroid dienone is 1. The molecule has 0 aromatic rings. The maximum Gasteiger partial charge on any atom is 0.343 e. The van der Waals surface area contributed by atoms with Crippen LogP contribution >= 0.6 is 0 Å². The molecule has 19 atom stereocenters. The van der Waals surface area contributed by atoms with Gasteiger partial charge in [0.25, 0.3) is 0 Å². The Bertz CT molecular complexity index is 1460. The molecule has 7 aliphatic rings. The summed E-state index contributed by atoms with van der Waals surface area (Å²) >= 11 is 0. The number of epoxide rings is 1. The van der Waals surface area contributed by atoms with E-state index in [-0.39, 0.29) is 11.9 Å². The van der Waals surface area contributed by atoms with Crippen LogP contribution in [0.3, 0.4) is 0 Å². The molecule has 4 saturated carbocycles. The normalized spacial score (nSPS) is 56.6. The van der Waals surface area contributed by atoms with Crippen LogP contribution in [0, 0.1) is 57.7 Å². The van der Waals surface area contributed by atoms with Crippen molar-refractivity contribution in [1.29, 1.82) is 0 Å². The number of fused-ring (bicyclic) bond motifs is 10. The molecule has 5 aliphatic carbocycles. The van der Waals surface area contributed by atoms with Crippen LogP contribution in [0.5, 0.6) is 0 Å². The molecule has 0 radical (unpaired) electrons. The summed E-state index contributed by atoms with van der Waals surface area (Å²) < 4.78 is 29.8. The standard InChI is InChI=1S/C34H46O13/c1-11-9-17-33(7,34(8,42)30(41)47-17)22-19(11)32(6)20(25(22)40)18-21(27(43-12(2)35)29(32)45-14(4)37)31(5)15(23(38)24(18)39)10-16-26(46-16)28(31)44-13(3)36/h9,11,15-16,18-29,38-40,42H,10H2,1-8H3/t11-,15-,16+,18+,19+,20-,21?,22+,23+,24-,25-,26+,27+,28+,29+,31+,32-,33+,34-/m1/s1. The highest BCUT2D eigenvalue weighted by Crippen LogP contribution is 2.75. The van der Waals surface area contributed by atoms with Crippen molar-refractivity contribution in [2.24, 2.45) is 57.7 Å². The van der Waals surface area contributed by atoms with E-state index in [2.05, 4.69) is 0 Å². The van der Waals surface area contributed by atoms with E-state index < -0.39 is 130 Å². The van der Waals surface area contributed by atoms with Gasteiger partial charge in [-0.1, -0.05) is 20.8 Å². The molecule has 6 fully saturated rings. The van der Waals surface area contributed by atoms with Gasteiger partial charge in [0.2, 0.25) is 0 Å². The van der Waals surface area contributed by atoms with E-state index in [4.69, 9.17) is 23.7 Å². The monoisotopic (exact) mass is 662 g/mol. The van der Waals surface area contributed by atoms with Gasteiger partial charge >= 0.3 is 23.9 Å². The molecule has 0 spiro atoms. The van der Waals surface area contributed by atoms with Gasteiger partial charge in [0, 0.05) is 55.3 Å². The first-order valence-electron chi connectivity index (χ1n) is 16.6. The van der Waals surface area contributed by atoms with Gasteiger partial charge in [-0.25, -0.2) is 4.79 Å². The summed E-state index contributed by atoms with van der Waals surface area (Å²) in [6.45, 7) is 12.3. The van der Waals surface area contributed by atoms with Crippen molar-refractivity contribution in [1.82, 2.24) is 0 Å². The van der Waals surface area contributed by atoms with E-state index in [9.17, 15) is 39.6 Å². The number of hydrogen-bond donors (Lipinski definition) is 4. The Morgan fingerprint density at radius 1 is 0.809 bits per heavy atom. The van der Waals surface area contributed by atoms with Crippen LogP contribution in [-0.4, -0.2) is 98.7 Å². The number of esters is 4. The minimum absolute atomic E-state index is 0.232. The number of ether oxygens (including phenoxy) is 5. The van der Waals surface area contributed by atoms with Gasteiger partial charge in [-0.15, -0.1) is 0 Å². The highest BCUT2D eigenvalue weighted by atomic mass is 16.6. The maximum atomic E-state index is 13.1. The third-order valence-corrected chi connectivity index (χ3v) is 14.0. The fourth-order valence-corrected chi connectivity index (χ4v) is 12.2. The summed E-state index contributed by atoms with van der Waals surface area (Å²) in [5, 5.41) is 48.5. The molecule has 2 heterocycles. The number of aliphatic hydroxyl groups is 4. The van der Waals surface area contributed by atoms with Crippen LogP contribution in [0.4, 0.5) is 0 Å². The molecule has 47 heavy (non-hydrogen) atoms. The third kappa shape index (κ3) is 3.89. The van der Waals surface area contributed by atoms with Crippen molar-refractivity contribution < 1.29 is 63.3 Å². The third-order valence-electron chi connectivity index (χ3n) is 14.0. The average molecular weight is 663 g/mol. The highest BCUT2D eigenvalue weighted by Gasteiger charge is 2.82. The Balaban J connectivity index is 1.49. The summed E-state index contributed by atoms with van der Waals surface area (Å²) in [5.74, 6) is -7.88. The van der Waals surface area contributed by atoms with Crippen LogP contribution in [-0.2, 0) is 42.9 Å². The van der Waals surface area contributed by atoms with Crippen molar-refractivity contribution in [2.45, 2.75) is 116 Å². The largest absolute Gasteiger partial charge is 0.459 e. The lowest BCUT2D eigenvalue weighted by Gasteiger charge is -2.66. The quantitative estimate of drug-likeness (QED) is 0.187. The van der Waals surface area contributed by atoms with Gasteiger partial charge < -0.3 is 44.1 Å². The molecule has 0 bridgehead atoms. The second-order valence-corrected chi connectivity index (χ2v) is 16.1. The summed E-state index contributed by atoms with van der Waals surface area (Å²) in [6.07, 6.45) is -6.12. The first-order valence-corrected chi connectivity index (χ1v) is 16.6. The summed E-state index contributed by atoms with van der Waals surface area (Å²) in [5.41, 5.74) is -5.88. The first kappa shape index (κ1) is 32.9. The van der Waals surface area contributed by atoms with Gasteiger partial charge in [-0.05, 0) is 44.1 Å². The van der Waals surface area contributed by atoms with E-state index >= 15 is 0 Å². The van der Waals surface area contributed by atoms with Crippen LogP contribution < -0.4 is 0 Å². The molecule has 0 aromatic carbocycles. The number of hydrogen-bond acceptors (Lipinski definition) is 13. The van der Waals surface area contributed by atoms with Gasteiger partial charge in [-0.2, -0.15) is 0 Å². The van der Waals surface area contributed by atoms with E-state index in [1.54, 1.807) is 13.0 Å². The molecule has 2 aliphatic heterocycles. The number of aliphatic hydroxyl groups excluding tert-OH is 3. The SMILES string of the molecule is CC(=O)O[C@H]1C2[C@@H]([C@@H](O)[C@@H](O)[C@H]3C[C@@H]4O[C@@H]4[C@H](OC(C)=O)[C@]23C)[C@@H]2[C@@H](O)[C@@H]3[C@H]([C@H](C)C=C4OC(=O)[C@@](C)(O)[C@@]43C)[C@@]2(C)[C@H]1OC(C)=O. The summed E-state index contributed by atoms with van der Waals surface area (Å²) in [4.78, 5) is 51.6. The summed E-state index contributed by atoms with van der Waals surface area (Å²) in [7, 11) is 0. The second-order valence-electron chi connectivity index (χ2n) is 16.1. The van der Waals surface area contributed by atoms with Gasteiger partial charge in [0.15, 0.2) is 5.60 Å². The van der Waals surface area contributed by atoms with Crippen LogP contribution in [0.1, 0.15) is 61.8 Å². The number of carbonyl (C=O) groups is 4. The van der Waals surface area contributed by atoms with Gasteiger partial charge in [0.05, 0.1) is 29.8 Å². The minimum Gasteiger partial charge on any atom is -0.459 e. The van der Waals surface area contributed by atoms with Crippen LogP contribution in [0.25, 0.3) is 0 Å². The topological polar surface area (TPSA) is 199 Å².